The Kier molecular flexibility index (Phi) is 4.18. The van der Waals surface area contributed by atoms with Crippen LogP contribution in [0.5, 0.6) is 0 Å². The molecular formula is C16H16N4O3. The van der Waals surface area contributed by atoms with Crippen molar-refractivity contribution in [3.63, 3.8) is 0 Å². The van der Waals surface area contributed by atoms with Gasteiger partial charge < -0.3 is 13.9 Å². The first-order chi connectivity index (χ1) is 11.1. The summed E-state index contributed by atoms with van der Waals surface area (Å²) in [6.07, 6.45) is 5.40. The number of carbonyl (C=O) groups is 1. The zero-order valence-corrected chi connectivity index (χ0v) is 12.7. The number of rotatable bonds is 5. The number of aromatic nitrogens is 4. The van der Waals surface area contributed by atoms with Gasteiger partial charge in [-0.1, -0.05) is 6.07 Å². The Balaban J connectivity index is 1.56. The zero-order chi connectivity index (χ0) is 16.2. The van der Waals surface area contributed by atoms with Gasteiger partial charge in [-0.2, -0.15) is 0 Å². The predicted molar refractivity (Wildman–Crippen MR) is 84.1 cm³/mol. The number of pyridine rings is 2. The van der Waals surface area contributed by atoms with Gasteiger partial charge in [0, 0.05) is 32.1 Å². The highest BCUT2D eigenvalue weighted by Crippen LogP contribution is 2.11. The van der Waals surface area contributed by atoms with E-state index in [-0.39, 0.29) is 12.2 Å². The van der Waals surface area contributed by atoms with Crippen LogP contribution in [0.4, 0.5) is 0 Å². The summed E-state index contributed by atoms with van der Waals surface area (Å²) in [5.41, 5.74) is 1.67. The van der Waals surface area contributed by atoms with E-state index in [1.165, 1.54) is 12.3 Å². The highest BCUT2D eigenvalue weighted by Gasteiger charge is 2.10. The van der Waals surface area contributed by atoms with Crippen LogP contribution in [0.25, 0.3) is 11.2 Å². The molecule has 0 amide bonds. The van der Waals surface area contributed by atoms with Crippen LogP contribution in [-0.2, 0) is 18.3 Å². The van der Waals surface area contributed by atoms with Crippen LogP contribution in [0.2, 0.25) is 0 Å². The van der Waals surface area contributed by atoms with E-state index in [9.17, 15) is 9.59 Å². The summed E-state index contributed by atoms with van der Waals surface area (Å²) in [7, 11) is 1.84. The molecule has 0 aliphatic heterocycles. The lowest BCUT2D eigenvalue weighted by molar-refractivity contribution is 0.0495. The number of imidazole rings is 1. The minimum Gasteiger partial charge on any atom is -0.462 e. The molecule has 0 atom stereocenters. The number of fused-ring (bicyclic) bond motifs is 1. The predicted octanol–water partition coefficient (Wildman–Crippen LogP) is 1.38. The molecule has 0 bridgehead atoms. The number of aryl methyl sites for hydroxylation is 2. The Morgan fingerprint density at radius 3 is 3.00 bits per heavy atom. The molecule has 0 saturated carbocycles. The van der Waals surface area contributed by atoms with E-state index in [4.69, 9.17) is 4.74 Å². The number of nitrogens with zero attached hydrogens (tertiary/aromatic N) is 4. The van der Waals surface area contributed by atoms with Gasteiger partial charge in [-0.3, -0.25) is 4.79 Å². The Morgan fingerprint density at radius 2 is 2.17 bits per heavy atom. The summed E-state index contributed by atoms with van der Waals surface area (Å²) < 4.78 is 8.58. The van der Waals surface area contributed by atoms with Gasteiger partial charge in [-0.05, 0) is 18.6 Å². The Hall–Kier alpha value is -2.96. The summed E-state index contributed by atoms with van der Waals surface area (Å²) in [5, 5.41) is 0. The van der Waals surface area contributed by atoms with Gasteiger partial charge >= 0.3 is 5.97 Å². The lowest BCUT2D eigenvalue weighted by Crippen LogP contribution is -2.19. The Labute approximate surface area is 132 Å². The molecule has 3 aromatic rings. The lowest BCUT2D eigenvalue weighted by atomic mass is 10.3. The molecule has 23 heavy (non-hydrogen) atoms. The third-order valence-electron chi connectivity index (χ3n) is 3.46. The molecule has 3 rings (SSSR count). The number of hydrogen-bond donors (Lipinski definition) is 0. The van der Waals surface area contributed by atoms with Crippen LogP contribution in [-0.4, -0.2) is 31.7 Å². The fourth-order valence-electron chi connectivity index (χ4n) is 2.26. The summed E-state index contributed by atoms with van der Waals surface area (Å²) in [6, 6.07) is 6.65. The minimum atomic E-state index is -0.439. The first kappa shape index (κ1) is 15.0. The Bertz CT molecular complexity index is 897. The third kappa shape index (κ3) is 3.28. The van der Waals surface area contributed by atoms with Crippen molar-refractivity contribution in [1.29, 1.82) is 0 Å². The molecule has 0 aromatic carbocycles. The molecule has 0 saturated heterocycles. The van der Waals surface area contributed by atoms with Gasteiger partial charge in [0.2, 0.25) is 5.56 Å². The second kappa shape index (κ2) is 6.43. The molecule has 0 aliphatic rings. The fourth-order valence-corrected chi connectivity index (χ4v) is 2.26. The van der Waals surface area contributed by atoms with E-state index in [1.54, 1.807) is 39.9 Å². The largest absolute Gasteiger partial charge is 0.462 e. The summed E-state index contributed by atoms with van der Waals surface area (Å²) in [4.78, 5) is 31.9. The van der Waals surface area contributed by atoms with E-state index >= 15 is 0 Å². The first-order valence-corrected chi connectivity index (χ1v) is 7.25. The monoisotopic (exact) mass is 312 g/mol. The highest BCUT2D eigenvalue weighted by atomic mass is 16.5. The number of hydrogen-bond acceptors (Lipinski definition) is 5. The van der Waals surface area contributed by atoms with E-state index in [2.05, 4.69) is 9.97 Å². The topological polar surface area (TPSA) is 79.0 Å². The second-order valence-corrected chi connectivity index (χ2v) is 5.14. The second-order valence-electron chi connectivity index (χ2n) is 5.14. The van der Waals surface area contributed by atoms with Crippen LogP contribution in [0.15, 0.2) is 47.8 Å². The van der Waals surface area contributed by atoms with Crippen molar-refractivity contribution in [2.75, 3.05) is 6.61 Å². The number of carbonyl (C=O) groups excluding carboxylic acids is 1. The minimum absolute atomic E-state index is 0.0661. The van der Waals surface area contributed by atoms with E-state index in [1.807, 2.05) is 7.05 Å². The smallest absolute Gasteiger partial charge is 0.339 e. The average Bonchev–Trinajstić information content (AvgIpc) is 2.93. The van der Waals surface area contributed by atoms with E-state index < -0.39 is 5.97 Å². The molecule has 0 radical (unpaired) electrons. The number of ether oxygens (including phenoxy) is 1. The molecule has 0 fully saturated rings. The van der Waals surface area contributed by atoms with Crippen LogP contribution in [0.3, 0.4) is 0 Å². The number of esters is 1. The molecule has 7 nitrogen and oxygen atoms in total. The van der Waals surface area contributed by atoms with Crippen LogP contribution in [0.1, 0.15) is 16.8 Å². The zero-order valence-electron chi connectivity index (χ0n) is 12.7. The summed E-state index contributed by atoms with van der Waals surface area (Å²) >= 11 is 0. The van der Waals surface area contributed by atoms with Crippen molar-refractivity contribution < 1.29 is 9.53 Å². The quantitative estimate of drug-likeness (QED) is 0.525. The molecule has 0 unspecified atom stereocenters. The molecule has 0 aliphatic carbocycles. The van der Waals surface area contributed by atoms with Crippen LogP contribution in [0, 0.1) is 0 Å². The van der Waals surface area contributed by atoms with Gasteiger partial charge in [-0.25, -0.2) is 14.8 Å². The van der Waals surface area contributed by atoms with Crippen LogP contribution < -0.4 is 5.56 Å². The molecule has 3 aromatic heterocycles. The lowest BCUT2D eigenvalue weighted by Gasteiger charge is -2.06. The van der Waals surface area contributed by atoms with Gasteiger partial charge in [0.15, 0.2) is 5.65 Å². The SMILES string of the molecule is Cn1cnc2cc(C(=O)OCCCn3ccccc3=O)cnc21. The Morgan fingerprint density at radius 1 is 1.30 bits per heavy atom. The molecule has 0 spiro atoms. The normalized spacial score (nSPS) is 10.8. The van der Waals surface area contributed by atoms with Crippen molar-refractivity contribution in [3.05, 3.63) is 58.9 Å². The fraction of sp³-hybridized carbons (Fsp3) is 0.250. The highest BCUT2D eigenvalue weighted by molar-refractivity contribution is 5.92. The van der Waals surface area contributed by atoms with Gasteiger partial charge in [0.05, 0.1) is 18.5 Å². The summed E-state index contributed by atoms with van der Waals surface area (Å²) in [5.74, 6) is -0.439. The molecular weight excluding hydrogens is 296 g/mol. The summed E-state index contributed by atoms with van der Waals surface area (Å²) in [6.45, 7) is 0.741. The van der Waals surface area contributed by atoms with E-state index in [0.717, 1.165) is 0 Å². The van der Waals surface area contributed by atoms with E-state index in [0.29, 0.717) is 29.7 Å². The van der Waals surface area contributed by atoms with Gasteiger partial charge in [-0.15, -0.1) is 0 Å². The maximum Gasteiger partial charge on any atom is 0.339 e. The maximum atomic E-state index is 12.0. The van der Waals surface area contributed by atoms with Crippen molar-refractivity contribution >= 4 is 17.1 Å². The van der Waals surface area contributed by atoms with Crippen molar-refractivity contribution in [3.8, 4) is 0 Å². The van der Waals surface area contributed by atoms with Crippen molar-refractivity contribution in [2.45, 2.75) is 13.0 Å². The molecule has 0 N–H and O–H groups in total. The molecule has 7 heteroatoms. The molecule has 3 heterocycles. The average molecular weight is 312 g/mol. The maximum absolute atomic E-state index is 12.0. The van der Waals surface area contributed by atoms with Crippen molar-refractivity contribution in [1.82, 2.24) is 19.1 Å². The first-order valence-electron chi connectivity index (χ1n) is 7.25. The third-order valence-corrected chi connectivity index (χ3v) is 3.46. The van der Waals surface area contributed by atoms with Gasteiger partial charge in [0.25, 0.3) is 0 Å². The standard InChI is InChI=1S/C16H16N4O3/c1-19-11-18-13-9-12(10-17-15(13)19)16(22)23-8-4-7-20-6-3-2-5-14(20)21/h2-3,5-6,9-11H,4,7-8H2,1H3. The van der Waals surface area contributed by atoms with Crippen molar-refractivity contribution in [2.24, 2.45) is 7.05 Å². The van der Waals surface area contributed by atoms with Crippen LogP contribution >= 0.6 is 0 Å². The molecule has 118 valence electrons. The van der Waals surface area contributed by atoms with Gasteiger partial charge in [0.1, 0.15) is 5.52 Å².